The lowest BCUT2D eigenvalue weighted by molar-refractivity contribution is -0.153. The van der Waals surface area contributed by atoms with Crippen molar-refractivity contribution in [1.82, 2.24) is 9.80 Å². The first kappa shape index (κ1) is 21.8. The molecule has 0 heterocycles. The minimum atomic E-state index is -3.81. The van der Waals surface area contributed by atoms with E-state index in [0.717, 1.165) is 9.80 Å². The van der Waals surface area contributed by atoms with Gasteiger partial charge < -0.3 is 19.4 Å². The fraction of sp³-hybridized carbons (Fsp3) is 0.714. The van der Waals surface area contributed by atoms with E-state index in [0.29, 0.717) is 0 Å². The fourth-order valence-electron chi connectivity index (χ4n) is 1.62. The van der Waals surface area contributed by atoms with Crippen LogP contribution >= 0.6 is 7.60 Å². The number of hydrogen-bond acceptors (Lipinski definition) is 6. The van der Waals surface area contributed by atoms with Crippen molar-refractivity contribution in [3.8, 4) is 0 Å². The molecule has 0 saturated carbocycles. The predicted octanol–water partition coefficient (Wildman–Crippen LogP) is 1.06. The molecule has 9 heteroatoms. The normalized spacial score (nSPS) is 16.9. The lowest BCUT2D eigenvalue weighted by Gasteiger charge is -2.29. The molecule has 23 heavy (non-hydrogen) atoms. The lowest BCUT2D eigenvalue weighted by atomic mass is 10.1. The van der Waals surface area contributed by atoms with Gasteiger partial charge in [-0.15, -0.1) is 0 Å². The van der Waals surface area contributed by atoms with Crippen molar-refractivity contribution in [1.29, 1.82) is 0 Å². The maximum absolute atomic E-state index is 12.7. The van der Waals surface area contributed by atoms with Crippen LogP contribution in [0.2, 0.25) is 0 Å². The lowest BCUT2D eigenvalue weighted by Crippen LogP contribution is -2.49. The third kappa shape index (κ3) is 6.83. The summed E-state index contributed by atoms with van der Waals surface area (Å²) in [7, 11) is 1.93. The highest BCUT2D eigenvalue weighted by Gasteiger charge is 2.40. The minimum absolute atomic E-state index is 0.436. The first-order valence-electron chi connectivity index (χ1n) is 7.16. The van der Waals surface area contributed by atoms with E-state index in [4.69, 9.17) is 9.05 Å². The van der Waals surface area contributed by atoms with Crippen LogP contribution in [0.3, 0.4) is 0 Å². The highest BCUT2D eigenvalue weighted by molar-refractivity contribution is 7.57. The standard InChI is InChI=1S/C14H27N2O6P/c1-8-9-23(20,21-10(2)3)22-12(14(19)16(6)7)11(17)13(18)15(4)5/h8-12,17H,1-7H3/t11-,12-,23?/m1/s1. The Hall–Kier alpha value is -1.21. The number of carbonyl (C=O) groups is 2. The second-order valence-corrected chi connectivity index (χ2v) is 7.41. The van der Waals surface area contributed by atoms with Crippen LogP contribution in [-0.4, -0.2) is 73.2 Å². The van der Waals surface area contributed by atoms with E-state index < -0.39 is 37.7 Å². The topological polar surface area (TPSA) is 96.4 Å². The van der Waals surface area contributed by atoms with Gasteiger partial charge in [0.15, 0.2) is 12.2 Å². The number of likely N-dealkylation sites (N-methyl/N-ethyl adjacent to an activating group) is 2. The zero-order valence-electron chi connectivity index (χ0n) is 14.7. The number of allylic oxidation sites excluding steroid dienone is 1. The molecule has 0 aromatic heterocycles. The number of carbonyl (C=O) groups excluding carboxylic acids is 2. The molecular weight excluding hydrogens is 323 g/mol. The van der Waals surface area contributed by atoms with Gasteiger partial charge in [0.2, 0.25) is 0 Å². The molecule has 1 N–H and O–H groups in total. The van der Waals surface area contributed by atoms with Crippen LogP contribution in [0.5, 0.6) is 0 Å². The Kier molecular flexibility index (Phi) is 8.69. The highest BCUT2D eigenvalue weighted by Crippen LogP contribution is 2.52. The second-order valence-electron chi connectivity index (χ2n) is 5.61. The van der Waals surface area contributed by atoms with Crippen LogP contribution in [-0.2, 0) is 23.2 Å². The van der Waals surface area contributed by atoms with Gasteiger partial charge >= 0.3 is 7.60 Å². The Bertz CT molecular complexity index is 490. The van der Waals surface area contributed by atoms with Crippen LogP contribution in [0, 0.1) is 0 Å². The molecule has 0 aliphatic heterocycles. The highest BCUT2D eigenvalue weighted by atomic mass is 31.2. The largest absolute Gasteiger partial charge is 0.380 e. The summed E-state index contributed by atoms with van der Waals surface area (Å²) in [6.45, 7) is 4.93. The minimum Gasteiger partial charge on any atom is -0.380 e. The third-order valence-electron chi connectivity index (χ3n) is 2.61. The third-order valence-corrected chi connectivity index (χ3v) is 4.51. The van der Waals surface area contributed by atoms with E-state index in [1.807, 2.05) is 0 Å². The van der Waals surface area contributed by atoms with Crippen LogP contribution < -0.4 is 0 Å². The number of amides is 2. The summed E-state index contributed by atoms with van der Waals surface area (Å²) in [5, 5.41) is 10.2. The SMILES string of the molecule is CC=CP(=O)(OC(C)C)O[C@@H](C(=O)N(C)C)[C@@H](O)C(=O)N(C)C. The van der Waals surface area contributed by atoms with Crippen LogP contribution in [0.15, 0.2) is 11.9 Å². The Morgan fingerprint density at radius 1 is 1.04 bits per heavy atom. The smallest absolute Gasteiger partial charge is 0.354 e. The molecule has 0 aliphatic carbocycles. The molecule has 0 aliphatic rings. The molecule has 2 amide bonds. The molecule has 0 fully saturated rings. The summed E-state index contributed by atoms with van der Waals surface area (Å²) < 4.78 is 23.3. The van der Waals surface area contributed by atoms with Crippen LogP contribution in [0.4, 0.5) is 0 Å². The van der Waals surface area contributed by atoms with Gasteiger partial charge in [-0.1, -0.05) is 6.08 Å². The molecule has 0 rings (SSSR count). The average Bonchev–Trinajstić information content (AvgIpc) is 2.41. The number of aliphatic hydroxyl groups excluding tert-OH is 1. The molecular formula is C14H27N2O6P. The van der Waals surface area contributed by atoms with Crippen molar-refractivity contribution in [3.63, 3.8) is 0 Å². The predicted molar refractivity (Wildman–Crippen MR) is 86.9 cm³/mol. The molecule has 134 valence electrons. The Morgan fingerprint density at radius 2 is 1.52 bits per heavy atom. The summed E-state index contributed by atoms with van der Waals surface area (Å²) in [5.41, 5.74) is 0. The van der Waals surface area contributed by atoms with Crippen LogP contribution in [0.1, 0.15) is 20.8 Å². The first-order valence-corrected chi connectivity index (χ1v) is 8.77. The number of nitrogens with zero attached hydrogens (tertiary/aromatic N) is 2. The number of aliphatic hydroxyl groups is 1. The molecule has 8 nitrogen and oxygen atoms in total. The molecule has 3 atom stereocenters. The van der Waals surface area contributed by atoms with Crippen molar-refractivity contribution in [2.24, 2.45) is 0 Å². The van der Waals surface area contributed by atoms with Crippen molar-refractivity contribution in [2.75, 3.05) is 28.2 Å². The van der Waals surface area contributed by atoms with Gasteiger partial charge in [0, 0.05) is 34.0 Å². The van der Waals surface area contributed by atoms with Gasteiger partial charge in [0.25, 0.3) is 11.8 Å². The summed E-state index contributed by atoms with van der Waals surface area (Å²) in [4.78, 5) is 26.5. The zero-order chi connectivity index (χ0) is 18.4. The first-order chi connectivity index (χ1) is 10.4. The quantitative estimate of drug-likeness (QED) is 0.658. The van der Waals surface area contributed by atoms with Crippen molar-refractivity contribution >= 4 is 19.4 Å². The molecule has 0 aromatic rings. The zero-order valence-corrected chi connectivity index (χ0v) is 15.6. The summed E-state index contributed by atoms with van der Waals surface area (Å²) in [5.74, 6) is -0.234. The van der Waals surface area contributed by atoms with Crippen molar-refractivity contribution in [2.45, 2.75) is 39.1 Å². The van der Waals surface area contributed by atoms with E-state index in [-0.39, 0.29) is 0 Å². The summed E-state index contributed by atoms with van der Waals surface area (Å²) >= 11 is 0. The van der Waals surface area contributed by atoms with Gasteiger partial charge in [0.05, 0.1) is 6.10 Å². The van der Waals surface area contributed by atoms with E-state index in [2.05, 4.69) is 0 Å². The van der Waals surface area contributed by atoms with Crippen molar-refractivity contribution < 1.29 is 28.3 Å². The van der Waals surface area contributed by atoms with E-state index >= 15 is 0 Å². The summed E-state index contributed by atoms with van der Waals surface area (Å²) in [6.07, 6.45) is -2.41. The van der Waals surface area contributed by atoms with E-state index in [1.165, 1.54) is 40.1 Å². The molecule has 1 unspecified atom stereocenters. The average molecular weight is 350 g/mol. The van der Waals surface area contributed by atoms with Gasteiger partial charge in [-0.25, -0.2) is 0 Å². The van der Waals surface area contributed by atoms with E-state index in [9.17, 15) is 19.3 Å². The Morgan fingerprint density at radius 3 is 1.87 bits per heavy atom. The number of rotatable bonds is 8. The Balaban J connectivity index is 5.64. The van der Waals surface area contributed by atoms with Crippen molar-refractivity contribution in [3.05, 3.63) is 11.9 Å². The molecule has 0 aromatic carbocycles. The van der Waals surface area contributed by atoms with Gasteiger partial charge in [-0.05, 0) is 20.8 Å². The fourth-order valence-corrected chi connectivity index (χ4v) is 3.28. The summed E-state index contributed by atoms with van der Waals surface area (Å²) in [6, 6.07) is 0. The molecule has 0 bridgehead atoms. The second kappa shape index (κ2) is 9.17. The molecule has 0 spiro atoms. The van der Waals surface area contributed by atoms with Gasteiger partial charge in [0.1, 0.15) is 0 Å². The Labute approximate surface area is 137 Å². The molecule has 0 radical (unpaired) electrons. The van der Waals surface area contributed by atoms with Gasteiger partial charge in [-0.3, -0.25) is 18.7 Å². The maximum Gasteiger partial charge on any atom is 0.354 e. The van der Waals surface area contributed by atoms with E-state index in [1.54, 1.807) is 20.8 Å². The van der Waals surface area contributed by atoms with Crippen LogP contribution in [0.25, 0.3) is 0 Å². The number of hydrogen-bond donors (Lipinski definition) is 1. The van der Waals surface area contributed by atoms with Gasteiger partial charge in [-0.2, -0.15) is 0 Å². The maximum atomic E-state index is 12.7. The molecule has 0 saturated heterocycles. The monoisotopic (exact) mass is 350 g/mol.